The lowest BCUT2D eigenvalue weighted by atomic mass is 9.72. The molecule has 23 heteroatoms. The van der Waals surface area contributed by atoms with Crippen molar-refractivity contribution >= 4 is 95.1 Å². The zero-order valence-corrected chi connectivity index (χ0v) is 54.4. The van der Waals surface area contributed by atoms with Gasteiger partial charge in [0.1, 0.15) is 0 Å². The van der Waals surface area contributed by atoms with Crippen molar-refractivity contribution in [2.75, 3.05) is 26.6 Å². The fourth-order valence-electron chi connectivity index (χ4n) is 7.07. The highest BCUT2D eigenvalue weighted by Gasteiger charge is 2.55. The number of hydrogen-bond acceptors (Lipinski definition) is 15. The van der Waals surface area contributed by atoms with E-state index in [9.17, 15) is 29.5 Å². The van der Waals surface area contributed by atoms with Crippen LogP contribution in [0.1, 0.15) is 93.9 Å². The molecule has 0 amide bonds. The van der Waals surface area contributed by atoms with Gasteiger partial charge in [-0.2, -0.15) is 5.26 Å². The predicted molar refractivity (Wildman–Crippen MR) is 287 cm³/mol. The number of nitrogens with zero attached hydrogens (tertiary/aromatic N) is 1. The molecule has 0 aliphatic rings. The number of carboxylic acid groups (broad SMARTS) is 1. The van der Waals surface area contributed by atoms with Crippen molar-refractivity contribution in [1.82, 2.24) is 0 Å². The van der Waals surface area contributed by atoms with Gasteiger partial charge in [-0.05, 0) is 165 Å². The first kappa shape index (κ1) is 68.1. The minimum atomic E-state index is -3.48. The molecular formula is C44H95NO14SSi7. The Bertz CT molecular complexity index is 1610. The molecule has 3 unspecified atom stereocenters. The van der Waals surface area contributed by atoms with E-state index in [2.05, 4.69) is 98.5 Å². The van der Waals surface area contributed by atoms with Gasteiger partial charge in [0.15, 0.2) is 33.3 Å². The van der Waals surface area contributed by atoms with Gasteiger partial charge in [-0.25, -0.2) is 0 Å². The van der Waals surface area contributed by atoms with E-state index in [-0.39, 0.29) is 38.0 Å². The minimum absolute atomic E-state index is 0.0396. The first-order chi connectivity index (χ1) is 29.7. The molecule has 0 radical (unpaired) electrons. The number of hydrogen-bond donors (Lipinski definition) is 1. The summed E-state index contributed by atoms with van der Waals surface area (Å²) in [5, 5.41) is 20.2. The van der Waals surface area contributed by atoms with E-state index in [1.165, 1.54) is 46.2 Å². The number of aliphatic carboxylic acids is 1. The number of thioether (sulfide) groups is 1. The van der Waals surface area contributed by atoms with Crippen LogP contribution in [0.4, 0.5) is 0 Å². The maximum Gasteiger partial charge on any atom is 0.471 e. The van der Waals surface area contributed by atoms with Crippen molar-refractivity contribution in [2.45, 2.75) is 203 Å². The van der Waals surface area contributed by atoms with Crippen LogP contribution in [-0.4, -0.2) is 120 Å². The van der Waals surface area contributed by atoms with Crippen molar-refractivity contribution in [3.63, 3.8) is 0 Å². The molecule has 0 spiro atoms. The Morgan fingerprint density at radius 1 is 0.627 bits per heavy atom. The van der Waals surface area contributed by atoms with Crippen LogP contribution in [0.25, 0.3) is 0 Å². The maximum absolute atomic E-state index is 13.7. The first-order valence-corrected chi connectivity index (χ1v) is 45.2. The van der Waals surface area contributed by atoms with E-state index in [4.69, 9.17) is 38.9 Å². The summed E-state index contributed by atoms with van der Waals surface area (Å²) in [6.45, 7) is 45.7. The summed E-state index contributed by atoms with van der Waals surface area (Å²) in [5.41, 5.74) is -3.50. The summed E-state index contributed by atoms with van der Waals surface area (Å²) >= 11 is 1.29. The third kappa shape index (κ3) is 28.0. The molecule has 0 saturated heterocycles. The molecule has 0 saturated carbocycles. The third-order valence-corrected chi connectivity index (χ3v) is 34.2. The summed E-state index contributed by atoms with van der Waals surface area (Å²) in [4.78, 5) is 51.8. The van der Waals surface area contributed by atoms with E-state index < -0.39 is 110 Å². The van der Waals surface area contributed by atoms with Gasteiger partial charge in [0, 0.05) is 18.3 Å². The molecule has 15 nitrogen and oxygen atoms in total. The Hall–Kier alpha value is -1.00. The van der Waals surface area contributed by atoms with Gasteiger partial charge in [-0.1, -0.05) is 20.3 Å². The van der Waals surface area contributed by atoms with Crippen molar-refractivity contribution in [3.05, 3.63) is 0 Å². The van der Waals surface area contributed by atoms with Gasteiger partial charge in [-0.15, -0.1) is 11.8 Å². The molecule has 1 N–H and O–H groups in total. The summed E-state index contributed by atoms with van der Waals surface area (Å²) in [6, 6.07) is 2.77. The highest BCUT2D eigenvalue weighted by Crippen LogP contribution is 2.43. The fraction of sp³-hybridized carbons (Fsp3) is 0.886. The van der Waals surface area contributed by atoms with Crippen LogP contribution in [0.5, 0.6) is 0 Å². The largest absolute Gasteiger partial charge is 0.481 e. The molecule has 0 aromatic carbocycles. The molecule has 394 valence electrons. The lowest BCUT2D eigenvalue weighted by molar-refractivity contribution is -0.158. The highest BCUT2D eigenvalue weighted by atomic mass is 32.2. The molecule has 0 aromatic heterocycles. The Morgan fingerprint density at radius 2 is 1.07 bits per heavy atom. The molecule has 0 aromatic rings. The molecule has 0 aliphatic heterocycles. The van der Waals surface area contributed by atoms with Crippen LogP contribution in [0, 0.1) is 33.5 Å². The number of carboxylic acids is 1. The van der Waals surface area contributed by atoms with Crippen LogP contribution in [-0.2, 0) is 58.1 Å². The maximum atomic E-state index is 13.7. The summed E-state index contributed by atoms with van der Waals surface area (Å²) < 4.78 is 56.5. The standard InChI is InChI=1S/C41H87NO14SSi7.C3H8/c1-38(2,35(44)45)29-33(34(43)48-7)30-40(5,37(47)49-8)25-26-41(6,31-42)57-32-39(3,4)36(46)50-27-24-28-64(53-60(15,16)17,54-61(18,19)20)56-62(21,22)55-63(23,51-58(9,10)11)52-59(12,13)14;1-3-2/h33H,24-30,32H2,1-23H3,(H,44,45);3H2,1-2H3. The number of rotatable bonds is 30. The molecule has 0 heterocycles. The lowest BCUT2D eigenvalue weighted by Crippen LogP contribution is -2.65. The molecule has 67 heavy (non-hydrogen) atoms. The van der Waals surface area contributed by atoms with Crippen LogP contribution >= 0.6 is 11.8 Å². The number of nitriles is 1. The summed E-state index contributed by atoms with van der Waals surface area (Å²) in [7, 11) is -16.0. The van der Waals surface area contributed by atoms with Crippen LogP contribution in [0.15, 0.2) is 0 Å². The number of carbonyl (C=O) groups is 4. The Balaban J connectivity index is 0. The normalized spacial score (nSPS) is 15.8. The van der Waals surface area contributed by atoms with Crippen LogP contribution < -0.4 is 0 Å². The zero-order valence-electron chi connectivity index (χ0n) is 46.6. The third-order valence-electron chi connectivity index (χ3n) is 9.54. The Labute approximate surface area is 419 Å². The second-order valence-electron chi connectivity index (χ2n) is 23.8. The Kier molecular flexibility index (Phi) is 27.1. The average molecular weight is 1090 g/mol. The molecular weight excluding hydrogens is 995 g/mol. The molecule has 3 atom stereocenters. The zero-order chi connectivity index (χ0) is 53.5. The minimum Gasteiger partial charge on any atom is -0.481 e. The van der Waals surface area contributed by atoms with E-state index in [0.717, 1.165) is 0 Å². The average Bonchev–Trinajstić information content (AvgIpc) is 3.10. The van der Waals surface area contributed by atoms with Gasteiger partial charge >= 0.3 is 50.0 Å². The SMILES string of the molecule is CCC.COC(=O)C(CC(C)(C)C(=O)O)CC(C)(CCC(C)(C#N)SCC(C)(C)C(=O)OCCC[Si](O[Si](C)(C)C)(O[Si](C)(C)C)O[Si](C)(C)O[Si](C)(O[Si](C)(C)C)O[Si](C)(C)C)C(=O)OC. The second-order valence-corrected chi connectivity index (χ2v) is 53.5. The van der Waals surface area contributed by atoms with E-state index >= 15 is 0 Å². The number of carbonyl (C=O) groups excluding carboxylic acids is 3. The molecule has 0 bridgehead atoms. The number of esters is 3. The number of ether oxygens (including phenoxy) is 3. The predicted octanol–water partition coefficient (Wildman–Crippen LogP) is 11.7. The topological polar surface area (TPSA) is 195 Å². The van der Waals surface area contributed by atoms with Crippen LogP contribution in [0.3, 0.4) is 0 Å². The van der Waals surface area contributed by atoms with Gasteiger partial charge < -0.3 is 44.0 Å². The van der Waals surface area contributed by atoms with E-state index in [1.807, 2.05) is 19.6 Å². The van der Waals surface area contributed by atoms with Crippen molar-refractivity contribution < 1.29 is 63.2 Å². The van der Waals surface area contributed by atoms with Gasteiger partial charge in [0.25, 0.3) is 0 Å². The molecule has 0 rings (SSSR count). The first-order valence-electron chi connectivity index (χ1n) is 23.6. The molecule has 0 aliphatic carbocycles. The van der Waals surface area contributed by atoms with Gasteiger partial charge in [0.2, 0.25) is 0 Å². The number of methoxy groups -OCH3 is 2. The second kappa shape index (κ2) is 26.6. The van der Waals surface area contributed by atoms with E-state index in [0.29, 0.717) is 12.5 Å². The van der Waals surface area contributed by atoms with Crippen molar-refractivity contribution in [2.24, 2.45) is 22.2 Å². The van der Waals surface area contributed by atoms with Gasteiger partial charge in [-0.3, -0.25) is 19.2 Å². The van der Waals surface area contributed by atoms with E-state index in [1.54, 1.807) is 27.7 Å². The quantitative estimate of drug-likeness (QED) is 0.0308. The Morgan fingerprint density at radius 3 is 1.45 bits per heavy atom. The lowest BCUT2D eigenvalue weighted by Gasteiger charge is -2.46. The summed E-state index contributed by atoms with van der Waals surface area (Å²) in [5.74, 6) is -3.41. The van der Waals surface area contributed by atoms with Gasteiger partial charge in [0.05, 0.1) is 53.8 Å². The van der Waals surface area contributed by atoms with Crippen molar-refractivity contribution in [3.8, 4) is 6.07 Å². The fourth-order valence-corrected chi connectivity index (χ4v) is 36.7. The highest BCUT2D eigenvalue weighted by molar-refractivity contribution is 8.00. The monoisotopic (exact) mass is 1090 g/mol. The van der Waals surface area contributed by atoms with Crippen LogP contribution in [0.2, 0.25) is 104 Å². The smallest absolute Gasteiger partial charge is 0.471 e. The van der Waals surface area contributed by atoms with Crippen molar-refractivity contribution in [1.29, 1.82) is 5.26 Å². The summed E-state index contributed by atoms with van der Waals surface area (Å²) in [6.07, 6.45) is 1.93. The molecule has 0 fully saturated rings.